The molecule has 2 N–H and O–H groups in total. The number of hydrogen-bond acceptors (Lipinski definition) is 5. The quantitative estimate of drug-likeness (QED) is 0.829. The molecule has 0 radical (unpaired) electrons. The molecule has 0 unspecified atom stereocenters. The fraction of sp³-hybridized carbons (Fsp3) is 0.182. The van der Waals surface area contributed by atoms with E-state index < -0.39 is 22.5 Å². The number of hydrogen-bond donors (Lipinski definition) is 2. The zero-order valence-electron chi connectivity index (χ0n) is 10.5. The van der Waals surface area contributed by atoms with Crippen molar-refractivity contribution in [2.75, 3.05) is 4.72 Å². The number of pyridine rings is 1. The number of aryl methyl sites for hydroxylation is 1. The Morgan fingerprint density at radius 1 is 1.40 bits per heavy atom. The van der Waals surface area contributed by atoms with E-state index in [0.717, 1.165) is 22.6 Å². The van der Waals surface area contributed by atoms with Crippen molar-refractivity contribution in [3.63, 3.8) is 0 Å². The summed E-state index contributed by atoms with van der Waals surface area (Å²) < 4.78 is 27.4. The first-order chi connectivity index (χ1) is 9.37. The number of carboxylic acid groups (broad SMARTS) is 1. The number of carbonyl (C=O) groups is 1. The zero-order valence-corrected chi connectivity index (χ0v) is 11.3. The minimum Gasteiger partial charge on any atom is -0.480 e. The van der Waals surface area contributed by atoms with Gasteiger partial charge in [0.1, 0.15) is 17.3 Å². The first-order valence-corrected chi connectivity index (χ1v) is 7.05. The molecule has 0 spiro atoms. The lowest BCUT2D eigenvalue weighted by Crippen LogP contribution is -2.13. The van der Waals surface area contributed by atoms with E-state index in [-0.39, 0.29) is 10.7 Å². The first-order valence-electron chi connectivity index (χ1n) is 5.56. The molecule has 0 saturated carbocycles. The Labute approximate surface area is 115 Å². The van der Waals surface area contributed by atoms with Crippen molar-refractivity contribution in [3.05, 3.63) is 36.3 Å². The van der Waals surface area contributed by atoms with E-state index in [1.54, 1.807) is 6.07 Å². The maximum atomic E-state index is 12.0. The third-order valence-corrected chi connectivity index (χ3v) is 3.68. The molecule has 2 aromatic rings. The van der Waals surface area contributed by atoms with Crippen LogP contribution in [0.2, 0.25) is 0 Å². The molecule has 0 saturated heterocycles. The van der Waals surface area contributed by atoms with E-state index in [1.807, 2.05) is 6.92 Å². The molecule has 8 nitrogen and oxygen atoms in total. The summed E-state index contributed by atoms with van der Waals surface area (Å²) in [6.45, 7) is 1.43. The Morgan fingerprint density at radius 3 is 2.75 bits per heavy atom. The maximum absolute atomic E-state index is 12.0. The van der Waals surface area contributed by atoms with Crippen molar-refractivity contribution < 1.29 is 18.3 Å². The third kappa shape index (κ3) is 3.32. The number of nitrogens with one attached hydrogen (secondary N) is 1. The van der Waals surface area contributed by atoms with E-state index in [4.69, 9.17) is 5.11 Å². The van der Waals surface area contributed by atoms with Crippen LogP contribution in [0.15, 0.2) is 35.6 Å². The van der Waals surface area contributed by atoms with Gasteiger partial charge >= 0.3 is 5.97 Å². The number of aliphatic carboxylic acids is 1. The number of nitrogens with zero attached hydrogens (tertiary/aromatic N) is 3. The van der Waals surface area contributed by atoms with E-state index in [1.165, 1.54) is 12.3 Å². The highest BCUT2D eigenvalue weighted by atomic mass is 32.2. The van der Waals surface area contributed by atoms with E-state index >= 15 is 0 Å². The summed E-state index contributed by atoms with van der Waals surface area (Å²) in [5.41, 5.74) is 0.905. The van der Waals surface area contributed by atoms with Crippen LogP contribution in [0.1, 0.15) is 5.56 Å². The predicted octanol–water partition coefficient (Wildman–Crippen LogP) is 0.472. The van der Waals surface area contributed by atoms with Crippen LogP contribution in [0.5, 0.6) is 0 Å². The lowest BCUT2D eigenvalue weighted by atomic mass is 10.3. The van der Waals surface area contributed by atoms with Gasteiger partial charge in [-0.05, 0) is 18.6 Å². The van der Waals surface area contributed by atoms with Gasteiger partial charge in [0.2, 0.25) is 0 Å². The lowest BCUT2D eigenvalue weighted by molar-refractivity contribution is -0.137. The number of aromatic nitrogens is 3. The summed E-state index contributed by atoms with van der Waals surface area (Å²) in [6, 6.07) is 3.26. The van der Waals surface area contributed by atoms with Gasteiger partial charge in [0.15, 0.2) is 0 Å². The highest BCUT2D eigenvalue weighted by Crippen LogP contribution is 2.13. The second-order valence-corrected chi connectivity index (χ2v) is 5.78. The van der Waals surface area contributed by atoms with Crippen LogP contribution < -0.4 is 4.72 Å². The van der Waals surface area contributed by atoms with Crippen LogP contribution in [0.3, 0.4) is 0 Å². The van der Waals surface area contributed by atoms with Gasteiger partial charge in [-0.3, -0.25) is 14.2 Å². The second-order valence-electron chi connectivity index (χ2n) is 4.09. The second kappa shape index (κ2) is 5.29. The number of rotatable bonds is 5. The van der Waals surface area contributed by atoms with Crippen molar-refractivity contribution >= 4 is 21.8 Å². The molecular formula is C11H12N4O4S. The van der Waals surface area contributed by atoms with Crippen molar-refractivity contribution in [3.8, 4) is 0 Å². The monoisotopic (exact) mass is 296 g/mol. The largest absolute Gasteiger partial charge is 0.480 e. The molecule has 0 amide bonds. The Kier molecular flexibility index (Phi) is 3.70. The normalized spacial score (nSPS) is 11.2. The number of carboxylic acids is 1. The molecule has 2 heterocycles. The molecule has 20 heavy (non-hydrogen) atoms. The van der Waals surface area contributed by atoms with Gasteiger partial charge in [0.25, 0.3) is 10.0 Å². The van der Waals surface area contributed by atoms with Crippen LogP contribution in [-0.4, -0.2) is 34.3 Å². The van der Waals surface area contributed by atoms with Gasteiger partial charge in [0, 0.05) is 12.4 Å². The fourth-order valence-electron chi connectivity index (χ4n) is 1.43. The topological polar surface area (TPSA) is 114 Å². The van der Waals surface area contributed by atoms with Crippen molar-refractivity contribution in [2.24, 2.45) is 0 Å². The van der Waals surface area contributed by atoms with Crippen LogP contribution in [-0.2, 0) is 21.4 Å². The smallest absolute Gasteiger partial charge is 0.325 e. The summed E-state index contributed by atoms with van der Waals surface area (Å²) >= 11 is 0. The zero-order chi connectivity index (χ0) is 14.8. The lowest BCUT2D eigenvalue weighted by Gasteiger charge is -2.05. The highest BCUT2D eigenvalue weighted by Gasteiger charge is 2.17. The first kappa shape index (κ1) is 14.0. The molecule has 0 aliphatic carbocycles. The third-order valence-electron chi connectivity index (χ3n) is 2.37. The predicted molar refractivity (Wildman–Crippen MR) is 69.6 cm³/mol. The van der Waals surface area contributed by atoms with Crippen molar-refractivity contribution in [1.82, 2.24) is 14.8 Å². The molecule has 0 aliphatic heterocycles. The van der Waals surface area contributed by atoms with Crippen molar-refractivity contribution in [1.29, 1.82) is 0 Å². The molecule has 9 heteroatoms. The summed E-state index contributed by atoms with van der Waals surface area (Å²) in [5, 5.41) is 12.3. The van der Waals surface area contributed by atoms with Crippen LogP contribution in [0.4, 0.5) is 5.82 Å². The minimum absolute atomic E-state index is 0.124. The maximum Gasteiger partial charge on any atom is 0.325 e. The SMILES string of the molecule is Cc1ccc(NS(=O)(=O)c2cnn(CC(=O)O)c2)nc1. The molecule has 0 aromatic carbocycles. The minimum atomic E-state index is -3.83. The molecule has 2 rings (SSSR count). The van der Waals surface area contributed by atoms with Gasteiger partial charge in [-0.25, -0.2) is 13.4 Å². The Balaban J connectivity index is 2.19. The molecule has 0 fully saturated rings. The summed E-state index contributed by atoms with van der Waals surface area (Å²) in [4.78, 5) is 14.3. The Bertz CT molecular complexity index is 721. The molecular weight excluding hydrogens is 284 g/mol. The molecule has 0 atom stereocenters. The highest BCUT2D eigenvalue weighted by molar-refractivity contribution is 7.92. The summed E-state index contributed by atoms with van der Waals surface area (Å²) in [7, 11) is -3.83. The summed E-state index contributed by atoms with van der Waals surface area (Å²) in [5.74, 6) is -0.924. The van der Waals surface area contributed by atoms with Crippen LogP contribution in [0, 0.1) is 6.92 Å². The van der Waals surface area contributed by atoms with Gasteiger partial charge in [-0.2, -0.15) is 5.10 Å². The van der Waals surface area contributed by atoms with Gasteiger partial charge in [0.05, 0.1) is 6.20 Å². The molecule has 0 aliphatic rings. The summed E-state index contributed by atoms with van der Waals surface area (Å²) in [6.07, 6.45) is 3.76. The fourth-order valence-corrected chi connectivity index (χ4v) is 2.39. The van der Waals surface area contributed by atoms with Crippen LogP contribution in [0.25, 0.3) is 0 Å². The van der Waals surface area contributed by atoms with Crippen molar-refractivity contribution in [2.45, 2.75) is 18.4 Å². The van der Waals surface area contributed by atoms with E-state index in [0.29, 0.717) is 0 Å². The van der Waals surface area contributed by atoms with Gasteiger partial charge in [-0.15, -0.1) is 0 Å². The molecule has 106 valence electrons. The van der Waals surface area contributed by atoms with E-state index in [2.05, 4.69) is 14.8 Å². The molecule has 2 aromatic heterocycles. The molecule has 0 bridgehead atoms. The average molecular weight is 296 g/mol. The van der Waals surface area contributed by atoms with Gasteiger partial charge < -0.3 is 5.11 Å². The van der Waals surface area contributed by atoms with Gasteiger partial charge in [-0.1, -0.05) is 6.07 Å². The number of anilines is 1. The average Bonchev–Trinajstić information content (AvgIpc) is 2.80. The van der Waals surface area contributed by atoms with Crippen LogP contribution >= 0.6 is 0 Å². The Morgan fingerprint density at radius 2 is 2.15 bits per heavy atom. The van der Waals surface area contributed by atoms with E-state index in [9.17, 15) is 13.2 Å². The standard InChI is InChI=1S/C11H12N4O4S/c1-8-2-3-10(12-4-8)14-20(18,19)9-5-13-15(6-9)7-11(16)17/h2-6H,7H2,1H3,(H,12,14)(H,16,17). The Hall–Kier alpha value is -2.42. The number of sulfonamides is 1.